The molecular formula is C15H15ClN2O4S. The van der Waals surface area contributed by atoms with E-state index in [-0.39, 0.29) is 16.3 Å². The number of nitrogens with one attached hydrogen (secondary N) is 2. The van der Waals surface area contributed by atoms with Crippen molar-refractivity contribution in [2.45, 2.75) is 0 Å². The zero-order chi connectivity index (χ0) is 17.0. The molecule has 0 bridgehead atoms. The van der Waals surface area contributed by atoms with Crippen LogP contribution in [0.2, 0.25) is 5.02 Å². The van der Waals surface area contributed by atoms with E-state index in [1.807, 2.05) is 0 Å². The summed E-state index contributed by atoms with van der Waals surface area (Å²) in [7, 11) is -1.95. The topological polar surface area (TPSA) is 84.5 Å². The van der Waals surface area contributed by atoms with Crippen LogP contribution >= 0.6 is 11.6 Å². The first-order valence-electron chi connectivity index (χ1n) is 6.52. The molecule has 0 aromatic heterocycles. The van der Waals surface area contributed by atoms with Gasteiger partial charge >= 0.3 is 0 Å². The van der Waals surface area contributed by atoms with Crippen molar-refractivity contribution in [3.63, 3.8) is 0 Å². The lowest BCUT2D eigenvalue weighted by Gasteiger charge is -2.12. The van der Waals surface area contributed by atoms with Crippen LogP contribution in [0, 0.1) is 0 Å². The van der Waals surface area contributed by atoms with Gasteiger partial charge in [0.15, 0.2) is 0 Å². The van der Waals surface area contributed by atoms with Gasteiger partial charge in [0, 0.05) is 5.69 Å². The van der Waals surface area contributed by atoms with E-state index >= 15 is 0 Å². The highest BCUT2D eigenvalue weighted by Crippen LogP contribution is 2.26. The summed E-state index contributed by atoms with van der Waals surface area (Å²) in [5.74, 6) is 0.0269. The number of benzene rings is 2. The fourth-order valence-corrected chi connectivity index (χ4v) is 2.67. The second-order valence-electron chi connectivity index (χ2n) is 4.72. The molecule has 0 saturated heterocycles. The first kappa shape index (κ1) is 17.1. The lowest BCUT2D eigenvalue weighted by Crippen LogP contribution is -2.15. The largest absolute Gasteiger partial charge is 0.495 e. The molecule has 0 aliphatic carbocycles. The lowest BCUT2D eigenvalue weighted by molar-refractivity contribution is 0.102. The van der Waals surface area contributed by atoms with Gasteiger partial charge in [-0.05, 0) is 30.3 Å². The van der Waals surface area contributed by atoms with E-state index in [0.717, 1.165) is 6.26 Å². The molecule has 2 N–H and O–H groups in total. The van der Waals surface area contributed by atoms with Gasteiger partial charge in [-0.1, -0.05) is 23.7 Å². The maximum absolute atomic E-state index is 12.4. The Kier molecular flexibility index (Phi) is 5.12. The van der Waals surface area contributed by atoms with Crippen LogP contribution in [0.3, 0.4) is 0 Å². The van der Waals surface area contributed by atoms with Crippen LogP contribution < -0.4 is 14.8 Å². The maximum Gasteiger partial charge on any atom is 0.257 e. The molecule has 0 saturated carbocycles. The minimum absolute atomic E-state index is 0.145. The summed E-state index contributed by atoms with van der Waals surface area (Å²) in [6, 6.07) is 11.2. The fraction of sp³-hybridized carbons (Fsp3) is 0.133. The Labute approximate surface area is 139 Å². The number of carbonyl (C=O) groups excluding carboxylic acids is 1. The lowest BCUT2D eigenvalue weighted by atomic mass is 10.2. The van der Waals surface area contributed by atoms with E-state index < -0.39 is 15.9 Å². The number of ether oxygens (including phenoxy) is 1. The molecule has 0 heterocycles. The number of rotatable bonds is 5. The van der Waals surface area contributed by atoms with Gasteiger partial charge in [-0.3, -0.25) is 9.52 Å². The smallest absolute Gasteiger partial charge is 0.257 e. The molecule has 0 radical (unpaired) electrons. The van der Waals surface area contributed by atoms with Crippen molar-refractivity contribution in [2.75, 3.05) is 23.4 Å². The molecule has 0 unspecified atom stereocenters. The Bertz CT molecular complexity index is 837. The summed E-state index contributed by atoms with van der Waals surface area (Å²) in [6.07, 6.45) is 1.02. The van der Waals surface area contributed by atoms with Gasteiger partial charge in [0.05, 0.1) is 29.6 Å². The van der Waals surface area contributed by atoms with Crippen LogP contribution in [0.25, 0.3) is 0 Å². The maximum atomic E-state index is 12.4. The molecule has 1 amide bonds. The van der Waals surface area contributed by atoms with E-state index in [0.29, 0.717) is 11.4 Å². The minimum atomic E-state index is -3.45. The van der Waals surface area contributed by atoms with E-state index in [9.17, 15) is 13.2 Å². The molecule has 2 rings (SSSR count). The first-order valence-corrected chi connectivity index (χ1v) is 8.79. The molecule has 0 atom stereocenters. The molecule has 0 aliphatic rings. The highest BCUT2D eigenvalue weighted by molar-refractivity contribution is 7.92. The average Bonchev–Trinajstić information content (AvgIpc) is 2.48. The Balaban J connectivity index is 2.30. The number of hydrogen-bond donors (Lipinski definition) is 2. The molecule has 0 spiro atoms. The van der Waals surface area contributed by atoms with Crippen LogP contribution in [0.5, 0.6) is 5.75 Å². The van der Waals surface area contributed by atoms with Gasteiger partial charge in [0.25, 0.3) is 5.91 Å². The quantitative estimate of drug-likeness (QED) is 0.864. The van der Waals surface area contributed by atoms with E-state index in [1.54, 1.807) is 24.3 Å². The van der Waals surface area contributed by atoms with Gasteiger partial charge in [-0.25, -0.2) is 8.42 Å². The predicted octanol–water partition coefficient (Wildman–Crippen LogP) is 2.97. The first-order chi connectivity index (χ1) is 10.8. The number of para-hydroxylation sites is 2. The van der Waals surface area contributed by atoms with Crippen LogP contribution in [-0.2, 0) is 10.0 Å². The molecule has 8 heteroatoms. The molecule has 0 aliphatic heterocycles. The number of halogens is 1. The molecule has 23 heavy (non-hydrogen) atoms. The monoisotopic (exact) mass is 354 g/mol. The van der Waals surface area contributed by atoms with Crippen molar-refractivity contribution in [1.82, 2.24) is 0 Å². The van der Waals surface area contributed by atoms with Crippen molar-refractivity contribution < 1.29 is 17.9 Å². The summed E-state index contributed by atoms with van der Waals surface area (Å²) in [4.78, 5) is 12.4. The number of sulfonamides is 1. The Morgan fingerprint density at radius 3 is 2.52 bits per heavy atom. The number of anilines is 2. The Hall–Kier alpha value is -2.25. The predicted molar refractivity (Wildman–Crippen MR) is 90.9 cm³/mol. The molecule has 2 aromatic rings. The van der Waals surface area contributed by atoms with Crippen molar-refractivity contribution in [1.29, 1.82) is 0 Å². The molecule has 2 aromatic carbocycles. The SMILES string of the molecule is COc1ccccc1NC(=O)c1cc(NS(C)(=O)=O)ccc1Cl. The zero-order valence-electron chi connectivity index (χ0n) is 12.5. The molecule has 0 fully saturated rings. The van der Waals surface area contributed by atoms with Crippen molar-refractivity contribution in [3.8, 4) is 5.75 Å². The number of methoxy groups -OCH3 is 1. The molecule has 6 nitrogen and oxygen atoms in total. The second-order valence-corrected chi connectivity index (χ2v) is 6.88. The van der Waals surface area contributed by atoms with Gasteiger partial charge in [0.1, 0.15) is 5.75 Å². The van der Waals surface area contributed by atoms with Gasteiger partial charge in [0.2, 0.25) is 10.0 Å². The van der Waals surface area contributed by atoms with Crippen molar-refractivity contribution >= 4 is 38.9 Å². The number of hydrogen-bond acceptors (Lipinski definition) is 4. The standard InChI is InChI=1S/C15H15ClN2O4S/c1-22-14-6-4-3-5-13(14)17-15(19)11-9-10(7-8-12(11)16)18-23(2,20)21/h3-9,18H,1-2H3,(H,17,19). The summed E-state index contributed by atoms with van der Waals surface area (Å²) >= 11 is 6.03. The highest BCUT2D eigenvalue weighted by atomic mass is 35.5. The Morgan fingerprint density at radius 2 is 1.87 bits per heavy atom. The molecule has 122 valence electrons. The third-order valence-corrected chi connectivity index (χ3v) is 3.81. The number of amides is 1. The van der Waals surface area contributed by atoms with Crippen LogP contribution in [0.15, 0.2) is 42.5 Å². The van der Waals surface area contributed by atoms with Gasteiger partial charge < -0.3 is 10.1 Å². The van der Waals surface area contributed by atoms with Gasteiger partial charge in [-0.15, -0.1) is 0 Å². The minimum Gasteiger partial charge on any atom is -0.495 e. The average molecular weight is 355 g/mol. The normalized spacial score (nSPS) is 10.9. The fourth-order valence-electron chi connectivity index (χ4n) is 1.91. The summed E-state index contributed by atoms with van der Waals surface area (Å²) < 4.78 is 30.0. The summed E-state index contributed by atoms with van der Waals surface area (Å²) in [5.41, 5.74) is 0.880. The number of carbonyl (C=O) groups is 1. The van der Waals surface area contributed by atoms with Crippen LogP contribution in [0.1, 0.15) is 10.4 Å². The van der Waals surface area contributed by atoms with Crippen molar-refractivity contribution in [2.24, 2.45) is 0 Å². The third kappa shape index (κ3) is 4.61. The van der Waals surface area contributed by atoms with Crippen LogP contribution in [0.4, 0.5) is 11.4 Å². The summed E-state index contributed by atoms with van der Waals surface area (Å²) in [6.45, 7) is 0. The van der Waals surface area contributed by atoms with E-state index in [1.165, 1.54) is 25.3 Å². The molecular weight excluding hydrogens is 340 g/mol. The third-order valence-electron chi connectivity index (χ3n) is 2.87. The second kappa shape index (κ2) is 6.89. The van der Waals surface area contributed by atoms with Crippen molar-refractivity contribution in [3.05, 3.63) is 53.1 Å². The Morgan fingerprint density at radius 1 is 1.17 bits per heavy atom. The summed E-state index contributed by atoms with van der Waals surface area (Å²) in [5, 5.41) is 2.89. The van der Waals surface area contributed by atoms with E-state index in [4.69, 9.17) is 16.3 Å². The highest BCUT2D eigenvalue weighted by Gasteiger charge is 2.14. The van der Waals surface area contributed by atoms with Crippen LogP contribution in [-0.4, -0.2) is 27.7 Å². The van der Waals surface area contributed by atoms with E-state index in [2.05, 4.69) is 10.0 Å². The van der Waals surface area contributed by atoms with Gasteiger partial charge in [-0.2, -0.15) is 0 Å². The zero-order valence-corrected chi connectivity index (χ0v) is 14.0.